The van der Waals surface area contributed by atoms with E-state index in [-0.39, 0.29) is 11.6 Å². The van der Waals surface area contributed by atoms with E-state index >= 15 is 0 Å². The Balaban J connectivity index is 1.40. The van der Waals surface area contributed by atoms with Gasteiger partial charge in [-0.05, 0) is 44.0 Å². The number of thiazole rings is 1. The maximum atomic E-state index is 12.6. The highest BCUT2D eigenvalue weighted by molar-refractivity contribution is 7.92. The minimum Gasteiger partial charge on any atom is -0.449 e. The molecule has 0 bridgehead atoms. The van der Waals surface area contributed by atoms with Crippen LogP contribution in [0.2, 0.25) is 0 Å². The molecule has 0 saturated carbocycles. The summed E-state index contributed by atoms with van der Waals surface area (Å²) < 4.78 is 30.8. The largest absolute Gasteiger partial charge is 0.449 e. The molecule has 1 amide bonds. The van der Waals surface area contributed by atoms with Gasteiger partial charge in [0.25, 0.3) is 5.91 Å². The lowest BCUT2D eigenvalue weighted by atomic mass is 10.1. The van der Waals surface area contributed by atoms with Gasteiger partial charge in [0, 0.05) is 17.0 Å². The molecule has 3 aromatic rings. The lowest BCUT2D eigenvalue weighted by Gasteiger charge is -2.22. The van der Waals surface area contributed by atoms with E-state index in [0.29, 0.717) is 17.2 Å². The van der Waals surface area contributed by atoms with Crippen molar-refractivity contribution in [1.29, 1.82) is 0 Å². The molecule has 0 radical (unpaired) electrons. The van der Waals surface area contributed by atoms with Gasteiger partial charge in [-0.25, -0.2) is 18.2 Å². The normalized spacial score (nSPS) is 16.2. The van der Waals surface area contributed by atoms with E-state index in [9.17, 15) is 18.0 Å². The number of carbonyl (C=O) groups excluding carboxylic acids is 2. The monoisotopic (exact) mass is 485 g/mol. The molecule has 172 valence electrons. The number of sulfonamides is 1. The molecule has 2 unspecified atom stereocenters. The fraction of sp³-hybridized carbons (Fsp3) is 0.261. The predicted octanol–water partition coefficient (Wildman–Crippen LogP) is 3.70. The Morgan fingerprint density at radius 2 is 1.94 bits per heavy atom. The third-order valence-corrected chi connectivity index (χ3v) is 7.31. The maximum Gasteiger partial charge on any atom is 0.338 e. The number of aromatic nitrogens is 1. The Kier molecular flexibility index (Phi) is 6.22. The highest BCUT2D eigenvalue weighted by atomic mass is 32.2. The van der Waals surface area contributed by atoms with Gasteiger partial charge in [-0.3, -0.25) is 14.4 Å². The summed E-state index contributed by atoms with van der Waals surface area (Å²) >= 11 is 1.28. The number of nitrogens with zero attached hydrogens (tertiary/aromatic N) is 2. The standard InChI is InChI=1S/C23H23N3O5S2/c1-14-11-18-12-17(9-10-20(18)26(14)33(3,29)30)22(28)31-15(2)21(27)25-23-24-19(13-32-23)16-7-5-4-6-8-16/h4-10,12-15H,11H2,1-3H3,(H,24,25,27). The van der Waals surface area contributed by atoms with Gasteiger partial charge in [-0.1, -0.05) is 30.3 Å². The van der Waals surface area contributed by atoms with E-state index in [2.05, 4.69) is 10.3 Å². The third-order valence-electron chi connectivity index (χ3n) is 5.28. The van der Waals surface area contributed by atoms with Crippen LogP contribution in [0.25, 0.3) is 11.3 Å². The number of fused-ring (bicyclic) bond motifs is 1. The number of amides is 1. The molecule has 2 aromatic carbocycles. The van der Waals surface area contributed by atoms with Crippen molar-refractivity contribution in [3.63, 3.8) is 0 Å². The molecule has 0 spiro atoms. The number of benzene rings is 2. The zero-order chi connectivity index (χ0) is 23.8. The van der Waals surface area contributed by atoms with Crippen LogP contribution in [0.15, 0.2) is 53.9 Å². The number of hydrogen-bond acceptors (Lipinski definition) is 7. The second kappa shape index (κ2) is 8.95. The van der Waals surface area contributed by atoms with Crippen LogP contribution >= 0.6 is 11.3 Å². The molecule has 0 aliphatic carbocycles. The van der Waals surface area contributed by atoms with E-state index in [1.165, 1.54) is 28.6 Å². The third kappa shape index (κ3) is 4.91. The Morgan fingerprint density at radius 1 is 1.21 bits per heavy atom. The number of carbonyl (C=O) groups is 2. The van der Waals surface area contributed by atoms with Crippen LogP contribution in [0.3, 0.4) is 0 Å². The average molecular weight is 486 g/mol. The van der Waals surface area contributed by atoms with E-state index in [1.54, 1.807) is 12.1 Å². The molecule has 1 N–H and O–H groups in total. The van der Waals surface area contributed by atoms with Gasteiger partial charge in [0.1, 0.15) is 0 Å². The molecule has 1 aromatic heterocycles. The smallest absolute Gasteiger partial charge is 0.338 e. The van der Waals surface area contributed by atoms with Crippen molar-refractivity contribution < 1.29 is 22.7 Å². The van der Waals surface area contributed by atoms with Crippen molar-refractivity contribution in [2.24, 2.45) is 0 Å². The summed E-state index contributed by atoms with van der Waals surface area (Å²) in [5.41, 5.74) is 3.25. The van der Waals surface area contributed by atoms with Gasteiger partial charge >= 0.3 is 5.97 Å². The molecule has 0 saturated heterocycles. The van der Waals surface area contributed by atoms with Crippen LogP contribution in [0.4, 0.5) is 10.8 Å². The van der Waals surface area contributed by atoms with Crippen LogP contribution in [0, 0.1) is 0 Å². The first-order chi connectivity index (χ1) is 15.6. The van der Waals surface area contributed by atoms with E-state index < -0.39 is 28.0 Å². The number of anilines is 2. The van der Waals surface area contributed by atoms with E-state index in [1.807, 2.05) is 42.6 Å². The number of esters is 1. The summed E-state index contributed by atoms with van der Waals surface area (Å²) in [4.78, 5) is 29.5. The molecule has 0 fully saturated rings. The number of ether oxygens (including phenoxy) is 1. The van der Waals surface area contributed by atoms with Crippen LogP contribution in [-0.2, 0) is 26.0 Å². The summed E-state index contributed by atoms with van der Waals surface area (Å²) in [5.74, 6) is -1.15. The number of nitrogens with one attached hydrogen (secondary N) is 1. The first-order valence-corrected chi connectivity index (χ1v) is 13.0. The second-order valence-corrected chi connectivity index (χ2v) is 10.6. The van der Waals surface area contributed by atoms with Crippen LogP contribution in [0.5, 0.6) is 0 Å². The first kappa shape index (κ1) is 22.9. The molecule has 33 heavy (non-hydrogen) atoms. The summed E-state index contributed by atoms with van der Waals surface area (Å²) in [7, 11) is -3.42. The topological polar surface area (TPSA) is 106 Å². The van der Waals surface area contributed by atoms with Crippen LogP contribution in [-0.4, -0.2) is 43.7 Å². The van der Waals surface area contributed by atoms with Gasteiger partial charge in [0.15, 0.2) is 11.2 Å². The van der Waals surface area contributed by atoms with Crippen LogP contribution in [0.1, 0.15) is 29.8 Å². The minimum atomic E-state index is -3.42. The number of hydrogen-bond donors (Lipinski definition) is 1. The predicted molar refractivity (Wildman–Crippen MR) is 128 cm³/mol. The molecule has 8 nitrogen and oxygen atoms in total. The maximum absolute atomic E-state index is 12.6. The van der Waals surface area contributed by atoms with Crippen molar-refractivity contribution in [3.8, 4) is 11.3 Å². The highest BCUT2D eigenvalue weighted by Gasteiger charge is 2.33. The molecule has 2 heterocycles. The van der Waals surface area contributed by atoms with Crippen molar-refractivity contribution >= 4 is 44.1 Å². The lowest BCUT2D eigenvalue weighted by Crippen LogP contribution is -2.34. The Hall–Kier alpha value is -3.24. The van der Waals surface area contributed by atoms with Gasteiger partial charge < -0.3 is 4.74 Å². The van der Waals surface area contributed by atoms with E-state index in [0.717, 1.165) is 23.1 Å². The Bertz CT molecular complexity index is 1300. The SMILES string of the molecule is CC(OC(=O)c1ccc2c(c1)CC(C)N2S(C)(=O)=O)C(=O)Nc1nc(-c2ccccc2)cs1. The molecule has 10 heteroatoms. The summed E-state index contributed by atoms with van der Waals surface area (Å²) in [6.07, 6.45) is 0.612. The van der Waals surface area contributed by atoms with Crippen LogP contribution < -0.4 is 9.62 Å². The molecule has 1 aliphatic rings. The van der Waals surface area contributed by atoms with Crippen molar-refractivity contribution in [2.45, 2.75) is 32.4 Å². The quantitative estimate of drug-likeness (QED) is 0.534. The zero-order valence-electron chi connectivity index (χ0n) is 18.3. The molecule has 2 atom stereocenters. The minimum absolute atomic E-state index is 0.231. The Labute approximate surface area is 196 Å². The van der Waals surface area contributed by atoms with Crippen molar-refractivity contribution in [2.75, 3.05) is 15.9 Å². The zero-order valence-corrected chi connectivity index (χ0v) is 19.9. The fourth-order valence-corrected chi connectivity index (χ4v) is 5.78. The van der Waals surface area contributed by atoms with Gasteiger partial charge in [-0.2, -0.15) is 0 Å². The molecule has 4 rings (SSSR count). The summed E-state index contributed by atoms with van der Waals surface area (Å²) in [6.45, 7) is 3.30. The van der Waals surface area contributed by atoms with Crippen molar-refractivity contribution in [3.05, 3.63) is 65.0 Å². The van der Waals surface area contributed by atoms with Gasteiger partial charge in [-0.15, -0.1) is 11.3 Å². The lowest BCUT2D eigenvalue weighted by molar-refractivity contribution is -0.123. The molecule has 1 aliphatic heterocycles. The highest BCUT2D eigenvalue weighted by Crippen LogP contribution is 2.35. The first-order valence-electron chi connectivity index (χ1n) is 10.3. The molecular formula is C23H23N3O5S2. The van der Waals surface area contributed by atoms with Crippen molar-refractivity contribution in [1.82, 2.24) is 4.98 Å². The van der Waals surface area contributed by atoms with Gasteiger partial charge in [0.2, 0.25) is 10.0 Å². The summed E-state index contributed by atoms with van der Waals surface area (Å²) in [6, 6.07) is 14.1. The molecular weight excluding hydrogens is 462 g/mol. The number of rotatable bonds is 6. The van der Waals surface area contributed by atoms with Gasteiger partial charge in [0.05, 0.1) is 23.2 Å². The fourth-order valence-electron chi connectivity index (χ4n) is 3.80. The Morgan fingerprint density at radius 3 is 2.64 bits per heavy atom. The van der Waals surface area contributed by atoms with E-state index in [4.69, 9.17) is 4.74 Å². The average Bonchev–Trinajstić information content (AvgIpc) is 3.36. The second-order valence-electron chi connectivity index (χ2n) is 7.90. The summed E-state index contributed by atoms with van der Waals surface area (Å²) in [5, 5.41) is 4.93.